The molecule has 7 heteroatoms. The molecular formula is C9H11BN4O2. The third kappa shape index (κ3) is 1.24. The number of hydrogen-bond donors (Lipinski definition) is 1. The topological polar surface area (TPSA) is 82.5 Å². The van der Waals surface area contributed by atoms with Crippen LogP contribution in [0.4, 0.5) is 5.82 Å². The summed E-state index contributed by atoms with van der Waals surface area (Å²) < 4.78 is 6.33. The van der Waals surface area contributed by atoms with Crippen molar-refractivity contribution in [3.63, 3.8) is 0 Å². The summed E-state index contributed by atoms with van der Waals surface area (Å²) in [4.78, 5) is 15.5. The number of nitrogens with zero attached hydrogens (tertiary/aromatic N) is 3. The summed E-state index contributed by atoms with van der Waals surface area (Å²) in [5, 5.41) is 4.06. The molecule has 16 heavy (non-hydrogen) atoms. The largest absolute Gasteiger partial charge is 0.465 e. The predicted octanol–water partition coefficient (Wildman–Crippen LogP) is -1.34. The highest BCUT2D eigenvalue weighted by atomic mass is 16.5. The Morgan fingerprint density at radius 2 is 2.31 bits per heavy atom. The summed E-state index contributed by atoms with van der Waals surface area (Å²) in [6.07, 6.45) is 1.36. The number of nitrogen functional groups attached to an aromatic ring is 1. The molecule has 0 saturated carbocycles. The van der Waals surface area contributed by atoms with Crippen molar-refractivity contribution in [2.24, 2.45) is 0 Å². The fourth-order valence-corrected chi connectivity index (χ4v) is 1.72. The van der Waals surface area contributed by atoms with E-state index in [0.717, 1.165) is 11.2 Å². The normalized spacial score (nSPS) is 10.6. The molecule has 0 atom stereocenters. The van der Waals surface area contributed by atoms with Crippen LogP contribution in [0.15, 0.2) is 6.33 Å². The molecule has 2 rings (SSSR count). The first kappa shape index (κ1) is 10.5. The SMILES string of the molecule is Bc1c(C(=O)OC)c2c(N)ncnn2c1C. The average Bonchev–Trinajstić information content (AvgIpc) is 2.54. The van der Waals surface area contributed by atoms with E-state index >= 15 is 0 Å². The highest BCUT2D eigenvalue weighted by molar-refractivity contribution is 6.39. The maximum Gasteiger partial charge on any atom is 0.339 e. The third-order valence-electron chi connectivity index (χ3n) is 2.68. The number of ether oxygens (including phenoxy) is 1. The number of aromatic nitrogens is 3. The molecule has 0 saturated heterocycles. The Bertz CT molecular complexity index is 578. The van der Waals surface area contributed by atoms with Crippen LogP contribution in [0.3, 0.4) is 0 Å². The maximum atomic E-state index is 11.7. The number of anilines is 1. The van der Waals surface area contributed by atoms with Gasteiger partial charge in [-0.2, -0.15) is 5.10 Å². The van der Waals surface area contributed by atoms with Crippen LogP contribution >= 0.6 is 0 Å². The number of methoxy groups -OCH3 is 1. The third-order valence-corrected chi connectivity index (χ3v) is 2.68. The van der Waals surface area contributed by atoms with Crippen molar-refractivity contribution in [2.45, 2.75) is 6.92 Å². The standard InChI is InChI=1S/C9H11BN4O2/c1-4-6(10)5(9(15)16-2)7-8(11)12-3-13-14(4)7/h3H,10H2,1-2H3,(H2,11,12,13). The quantitative estimate of drug-likeness (QED) is 0.473. The first-order chi connectivity index (χ1) is 7.57. The van der Waals surface area contributed by atoms with Crippen LogP contribution in [0.5, 0.6) is 0 Å². The Labute approximate surface area is 92.8 Å². The molecule has 0 spiro atoms. The molecule has 0 aliphatic rings. The van der Waals surface area contributed by atoms with Crippen molar-refractivity contribution < 1.29 is 9.53 Å². The maximum absolute atomic E-state index is 11.7. The van der Waals surface area contributed by atoms with E-state index in [4.69, 9.17) is 10.5 Å². The summed E-state index contributed by atoms with van der Waals surface area (Å²) in [5.74, 6) is -0.156. The number of carbonyl (C=O) groups excluding carboxylic acids is 1. The zero-order valence-corrected chi connectivity index (χ0v) is 9.31. The lowest BCUT2D eigenvalue weighted by molar-refractivity contribution is 0.0604. The summed E-state index contributed by atoms with van der Waals surface area (Å²) in [6.45, 7) is 1.86. The molecule has 0 radical (unpaired) electrons. The summed E-state index contributed by atoms with van der Waals surface area (Å²) in [6, 6.07) is 0. The van der Waals surface area contributed by atoms with Gasteiger partial charge in [-0.05, 0) is 6.92 Å². The van der Waals surface area contributed by atoms with Crippen molar-refractivity contribution in [1.29, 1.82) is 0 Å². The van der Waals surface area contributed by atoms with Crippen molar-refractivity contribution in [2.75, 3.05) is 12.8 Å². The predicted molar refractivity (Wildman–Crippen MR) is 61.7 cm³/mol. The second-order valence-electron chi connectivity index (χ2n) is 3.48. The number of esters is 1. The van der Waals surface area contributed by atoms with Crippen molar-refractivity contribution in [3.8, 4) is 0 Å². The van der Waals surface area contributed by atoms with Gasteiger partial charge in [0.25, 0.3) is 0 Å². The molecule has 82 valence electrons. The highest BCUT2D eigenvalue weighted by Gasteiger charge is 2.21. The van der Waals surface area contributed by atoms with Crippen molar-refractivity contribution in [3.05, 3.63) is 17.6 Å². The monoisotopic (exact) mass is 218 g/mol. The minimum absolute atomic E-state index is 0.270. The van der Waals surface area contributed by atoms with Gasteiger partial charge in [-0.15, -0.1) is 0 Å². The van der Waals surface area contributed by atoms with Gasteiger partial charge in [0.15, 0.2) is 5.82 Å². The van der Waals surface area contributed by atoms with E-state index in [1.54, 1.807) is 4.52 Å². The molecule has 2 heterocycles. The molecule has 6 nitrogen and oxygen atoms in total. The lowest BCUT2D eigenvalue weighted by atomic mass is 9.91. The van der Waals surface area contributed by atoms with Gasteiger partial charge in [0.2, 0.25) is 0 Å². The zero-order valence-electron chi connectivity index (χ0n) is 9.31. The van der Waals surface area contributed by atoms with Gasteiger partial charge >= 0.3 is 5.97 Å². The van der Waals surface area contributed by atoms with Gasteiger partial charge in [-0.25, -0.2) is 14.3 Å². The Balaban J connectivity index is 2.92. The number of rotatable bonds is 1. The first-order valence-corrected chi connectivity index (χ1v) is 4.74. The molecule has 0 amide bonds. The Kier molecular flexibility index (Phi) is 2.30. The van der Waals surface area contributed by atoms with Crippen LogP contribution in [-0.2, 0) is 4.74 Å². The number of nitrogens with two attached hydrogens (primary N) is 1. The molecule has 2 N–H and O–H groups in total. The van der Waals surface area contributed by atoms with E-state index in [0.29, 0.717) is 11.1 Å². The molecule has 2 aromatic rings. The Morgan fingerprint density at radius 3 is 2.94 bits per heavy atom. The van der Waals surface area contributed by atoms with E-state index in [9.17, 15) is 4.79 Å². The molecular weight excluding hydrogens is 207 g/mol. The smallest absolute Gasteiger partial charge is 0.339 e. The Hall–Kier alpha value is -2.05. The minimum atomic E-state index is -0.426. The van der Waals surface area contributed by atoms with E-state index in [1.165, 1.54) is 13.4 Å². The summed E-state index contributed by atoms with van der Waals surface area (Å²) in [5.41, 5.74) is 8.34. The lowest BCUT2D eigenvalue weighted by Gasteiger charge is -2.00. The molecule has 0 aromatic carbocycles. The molecule has 0 fully saturated rings. The number of carbonyl (C=O) groups is 1. The molecule has 0 aliphatic heterocycles. The molecule has 0 bridgehead atoms. The number of aryl methyl sites for hydroxylation is 1. The molecule has 0 aliphatic carbocycles. The number of fused-ring (bicyclic) bond motifs is 1. The fourth-order valence-electron chi connectivity index (χ4n) is 1.72. The molecule has 2 aromatic heterocycles. The highest BCUT2D eigenvalue weighted by Crippen LogP contribution is 2.17. The minimum Gasteiger partial charge on any atom is -0.465 e. The van der Waals surface area contributed by atoms with Crippen LogP contribution in [0.2, 0.25) is 0 Å². The molecule has 0 unspecified atom stereocenters. The van der Waals surface area contributed by atoms with E-state index in [-0.39, 0.29) is 5.82 Å². The van der Waals surface area contributed by atoms with Gasteiger partial charge < -0.3 is 10.5 Å². The fraction of sp³-hybridized carbons (Fsp3) is 0.222. The first-order valence-electron chi connectivity index (χ1n) is 4.74. The summed E-state index contributed by atoms with van der Waals surface area (Å²) in [7, 11) is 3.16. The van der Waals surface area contributed by atoms with Gasteiger partial charge in [-0.3, -0.25) is 0 Å². The van der Waals surface area contributed by atoms with Crippen LogP contribution in [0.1, 0.15) is 16.1 Å². The van der Waals surface area contributed by atoms with E-state index in [2.05, 4.69) is 10.1 Å². The van der Waals surface area contributed by atoms with Gasteiger partial charge in [0.05, 0.1) is 12.7 Å². The second-order valence-corrected chi connectivity index (χ2v) is 3.48. The van der Waals surface area contributed by atoms with E-state index in [1.807, 2.05) is 14.8 Å². The van der Waals surface area contributed by atoms with Gasteiger partial charge in [0.1, 0.15) is 19.7 Å². The van der Waals surface area contributed by atoms with Crippen molar-refractivity contribution >= 4 is 30.6 Å². The van der Waals surface area contributed by atoms with Crippen LogP contribution in [0.25, 0.3) is 5.52 Å². The van der Waals surface area contributed by atoms with Crippen LogP contribution < -0.4 is 11.2 Å². The Morgan fingerprint density at radius 1 is 1.62 bits per heavy atom. The van der Waals surface area contributed by atoms with Crippen LogP contribution in [-0.4, -0.2) is 35.5 Å². The van der Waals surface area contributed by atoms with Crippen LogP contribution in [0, 0.1) is 6.92 Å². The van der Waals surface area contributed by atoms with Gasteiger partial charge in [0, 0.05) is 5.69 Å². The lowest BCUT2D eigenvalue weighted by Crippen LogP contribution is -2.16. The van der Waals surface area contributed by atoms with E-state index < -0.39 is 5.97 Å². The average molecular weight is 218 g/mol. The zero-order chi connectivity index (χ0) is 11.9. The van der Waals surface area contributed by atoms with Gasteiger partial charge in [-0.1, -0.05) is 5.46 Å². The van der Waals surface area contributed by atoms with Crippen molar-refractivity contribution in [1.82, 2.24) is 14.6 Å². The second kappa shape index (κ2) is 3.51. The summed E-state index contributed by atoms with van der Waals surface area (Å²) >= 11 is 0. The number of hydrogen-bond acceptors (Lipinski definition) is 5.